The van der Waals surface area contributed by atoms with E-state index in [1.165, 1.54) is 0 Å². The molecule has 1 aromatic heterocycles. The van der Waals surface area contributed by atoms with Gasteiger partial charge in [-0.3, -0.25) is 9.69 Å². The van der Waals surface area contributed by atoms with Crippen LogP contribution in [-0.4, -0.2) is 65.3 Å². The maximum absolute atomic E-state index is 13.1. The Hall–Kier alpha value is -1.89. The Bertz CT molecular complexity index is 996. The van der Waals surface area contributed by atoms with E-state index in [0.717, 1.165) is 68.6 Å². The van der Waals surface area contributed by atoms with Crippen molar-refractivity contribution in [2.45, 2.75) is 64.5 Å². The van der Waals surface area contributed by atoms with Gasteiger partial charge in [-0.25, -0.2) is 4.98 Å². The van der Waals surface area contributed by atoms with Crippen molar-refractivity contribution < 1.29 is 9.90 Å². The molecule has 1 aliphatic carbocycles. The number of fused-ring (bicyclic) bond motifs is 1. The SMILES string of the molecule is CCN(CC)C1CCN(c2ccc3c(C(=O)NC[C@]4(O)CCC[C@H](C)C4)c(Cl)ccc3n2)C1. The van der Waals surface area contributed by atoms with Crippen LogP contribution < -0.4 is 10.2 Å². The largest absolute Gasteiger partial charge is 0.388 e. The van der Waals surface area contributed by atoms with Crippen molar-refractivity contribution in [2.24, 2.45) is 5.92 Å². The number of hydrogen-bond acceptors (Lipinski definition) is 5. The van der Waals surface area contributed by atoms with Gasteiger partial charge in [-0.15, -0.1) is 0 Å². The molecule has 33 heavy (non-hydrogen) atoms. The summed E-state index contributed by atoms with van der Waals surface area (Å²) in [6.07, 6.45) is 4.69. The van der Waals surface area contributed by atoms with Crippen LogP contribution in [-0.2, 0) is 0 Å². The van der Waals surface area contributed by atoms with Gasteiger partial charge in [-0.05, 0) is 62.5 Å². The summed E-state index contributed by atoms with van der Waals surface area (Å²) in [5.41, 5.74) is 0.355. The Kier molecular flexibility index (Phi) is 7.46. The summed E-state index contributed by atoms with van der Waals surface area (Å²) in [5.74, 6) is 1.15. The highest BCUT2D eigenvalue weighted by atomic mass is 35.5. The second-order valence-corrected chi connectivity index (χ2v) is 10.3. The van der Waals surface area contributed by atoms with Crippen LogP contribution in [0.3, 0.4) is 0 Å². The number of likely N-dealkylation sites (N-methyl/N-ethyl adjacent to an activating group) is 1. The molecule has 3 atom stereocenters. The maximum atomic E-state index is 13.1. The van der Waals surface area contributed by atoms with Gasteiger partial charge in [0.05, 0.1) is 21.7 Å². The monoisotopic (exact) mass is 472 g/mol. The summed E-state index contributed by atoms with van der Waals surface area (Å²) in [6.45, 7) is 10.9. The van der Waals surface area contributed by atoms with Crippen LogP contribution in [0.5, 0.6) is 0 Å². The Balaban J connectivity index is 1.51. The highest BCUT2D eigenvalue weighted by Crippen LogP contribution is 2.32. The minimum atomic E-state index is -0.840. The molecule has 4 rings (SSSR count). The van der Waals surface area contributed by atoms with E-state index in [1.54, 1.807) is 6.07 Å². The first kappa shape index (κ1) is 24.2. The first-order valence-corrected chi connectivity index (χ1v) is 12.8. The summed E-state index contributed by atoms with van der Waals surface area (Å²) < 4.78 is 0. The van der Waals surface area contributed by atoms with Crippen LogP contribution in [0.4, 0.5) is 5.82 Å². The standard InChI is InChI=1S/C26H37ClN4O2/c1-4-30(5-2)19-12-14-31(16-19)23-11-8-20-22(29-23)10-9-21(27)24(20)25(32)28-17-26(33)13-6-7-18(3)15-26/h8-11,18-19,33H,4-7,12-17H2,1-3H3,(H,28,32)/t18-,19?,26-/m0/s1. The van der Waals surface area contributed by atoms with E-state index in [2.05, 4.69) is 35.9 Å². The quantitative estimate of drug-likeness (QED) is 0.621. The molecule has 1 unspecified atom stereocenters. The highest BCUT2D eigenvalue weighted by molar-refractivity contribution is 6.35. The van der Waals surface area contributed by atoms with E-state index in [1.807, 2.05) is 18.2 Å². The van der Waals surface area contributed by atoms with Crippen molar-refractivity contribution in [3.05, 3.63) is 34.9 Å². The Morgan fingerprint density at radius 3 is 2.79 bits per heavy atom. The molecule has 0 spiro atoms. The molecular weight excluding hydrogens is 436 g/mol. The van der Waals surface area contributed by atoms with Gasteiger partial charge in [-0.2, -0.15) is 0 Å². The summed E-state index contributed by atoms with van der Waals surface area (Å²) >= 11 is 6.46. The lowest BCUT2D eigenvalue weighted by Gasteiger charge is -2.35. The number of aliphatic hydroxyl groups is 1. The van der Waals surface area contributed by atoms with Crippen LogP contribution in [0, 0.1) is 5.92 Å². The van der Waals surface area contributed by atoms with Gasteiger partial charge < -0.3 is 15.3 Å². The normalized spacial score (nSPS) is 25.7. The number of hydrogen-bond donors (Lipinski definition) is 2. The topological polar surface area (TPSA) is 68.7 Å². The van der Waals surface area contributed by atoms with Crippen LogP contribution in [0.25, 0.3) is 10.9 Å². The van der Waals surface area contributed by atoms with E-state index in [9.17, 15) is 9.90 Å². The van der Waals surface area contributed by atoms with Crippen molar-refractivity contribution in [3.8, 4) is 0 Å². The molecule has 1 amide bonds. The van der Waals surface area contributed by atoms with Gasteiger partial charge >= 0.3 is 0 Å². The van der Waals surface area contributed by atoms with Crippen molar-refractivity contribution in [2.75, 3.05) is 37.6 Å². The van der Waals surface area contributed by atoms with E-state index in [0.29, 0.717) is 29.0 Å². The molecule has 7 heteroatoms. The summed E-state index contributed by atoms with van der Waals surface area (Å²) in [4.78, 5) is 22.8. The number of carbonyl (C=O) groups excluding carboxylic acids is 1. The lowest BCUT2D eigenvalue weighted by Crippen LogP contribution is -2.45. The highest BCUT2D eigenvalue weighted by Gasteiger charge is 2.33. The zero-order valence-corrected chi connectivity index (χ0v) is 20.9. The molecule has 1 aliphatic heterocycles. The van der Waals surface area contributed by atoms with E-state index in [-0.39, 0.29) is 12.5 Å². The number of pyridine rings is 1. The third-order valence-corrected chi connectivity index (χ3v) is 7.81. The Morgan fingerprint density at radius 1 is 1.27 bits per heavy atom. The number of nitrogens with one attached hydrogen (secondary N) is 1. The minimum absolute atomic E-state index is 0.245. The number of anilines is 1. The second kappa shape index (κ2) is 10.2. The number of carbonyl (C=O) groups is 1. The lowest BCUT2D eigenvalue weighted by atomic mass is 9.79. The predicted octanol–water partition coefficient (Wildman–Crippen LogP) is 4.48. The van der Waals surface area contributed by atoms with Gasteiger partial charge in [0, 0.05) is 31.1 Å². The molecule has 180 valence electrons. The molecule has 2 aliphatic rings. The van der Waals surface area contributed by atoms with Crippen LogP contribution in [0.1, 0.15) is 63.2 Å². The van der Waals surface area contributed by atoms with Gasteiger partial charge in [0.25, 0.3) is 5.91 Å². The van der Waals surface area contributed by atoms with Crippen molar-refractivity contribution >= 4 is 34.2 Å². The van der Waals surface area contributed by atoms with Crippen molar-refractivity contribution in [1.29, 1.82) is 0 Å². The molecule has 2 aromatic rings. The third kappa shape index (κ3) is 5.28. The first-order chi connectivity index (χ1) is 15.8. The first-order valence-electron chi connectivity index (χ1n) is 12.4. The fourth-order valence-corrected chi connectivity index (χ4v) is 5.94. The molecule has 1 aromatic carbocycles. The number of aromatic nitrogens is 1. The van der Waals surface area contributed by atoms with Crippen LogP contribution in [0.2, 0.25) is 5.02 Å². The number of benzene rings is 1. The molecular formula is C26H37ClN4O2. The molecule has 0 radical (unpaired) electrons. The minimum Gasteiger partial charge on any atom is -0.388 e. The molecule has 1 saturated heterocycles. The Morgan fingerprint density at radius 2 is 2.06 bits per heavy atom. The number of nitrogens with zero attached hydrogens (tertiary/aromatic N) is 3. The maximum Gasteiger partial charge on any atom is 0.253 e. The molecule has 2 N–H and O–H groups in total. The molecule has 2 heterocycles. The van der Waals surface area contributed by atoms with Gasteiger partial charge in [-0.1, -0.05) is 45.2 Å². The van der Waals surface area contributed by atoms with Gasteiger partial charge in [0.15, 0.2) is 0 Å². The third-order valence-electron chi connectivity index (χ3n) is 7.49. The van der Waals surface area contributed by atoms with E-state index < -0.39 is 5.60 Å². The number of rotatable bonds is 7. The van der Waals surface area contributed by atoms with Crippen molar-refractivity contribution in [1.82, 2.24) is 15.2 Å². The van der Waals surface area contributed by atoms with Crippen LogP contribution in [0.15, 0.2) is 24.3 Å². The number of amides is 1. The van der Waals surface area contributed by atoms with Crippen molar-refractivity contribution in [3.63, 3.8) is 0 Å². The molecule has 1 saturated carbocycles. The average Bonchev–Trinajstić information content (AvgIpc) is 3.28. The molecule has 0 bridgehead atoms. The number of halogens is 1. The zero-order chi connectivity index (χ0) is 23.6. The Labute approximate surface area is 202 Å². The summed E-state index contributed by atoms with van der Waals surface area (Å²) in [5, 5.41) is 15.0. The van der Waals surface area contributed by atoms with Gasteiger partial charge in [0.1, 0.15) is 5.82 Å². The lowest BCUT2D eigenvalue weighted by molar-refractivity contribution is -0.0109. The summed E-state index contributed by atoms with van der Waals surface area (Å²) in [7, 11) is 0. The fraction of sp³-hybridized carbons (Fsp3) is 0.615. The van der Waals surface area contributed by atoms with Crippen LogP contribution >= 0.6 is 11.6 Å². The summed E-state index contributed by atoms with van der Waals surface area (Å²) in [6, 6.07) is 8.14. The smallest absolute Gasteiger partial charge is 0.253 e. The predicted molar refractivity (Wildman–Crippen MR) is 135 cm³/mol. The zero-order valence-electron chi connectivity index (χ0n) is 20.1. The fourth-order valence-electron chi connectivity index (χ4n) is 5.69. The average molecular weight is 473 g/mol. The molecule has 6 nitrogen and oxygen atoms in total. The molecule has 2 fully saturated rings. The van der Waals surface area contributed by atoms with E-state index in [4.69, 9.17) is 16.6 Å². The van der Waals surface area contributed by atoms with E-state index >= 15 is 0 Å². The second-order valence-electron chi connectivity index (χ2n) is 9.88. The van der Waals surface area contributed by atoms with Gasteiger partial charge in [0.2, 0.25) is 0 Å².